The monoisotopic (exact) mass is 448 g/mol. The quantitative estimate of drug-likeness (QED) is 0.652. The summed E-state index contributed by atoms with van der Waals surface area (Å²) >= 11 is 0. The summed E-state index contributed by atoms with van der Waals surface area (Å²) in [6.45, 7) is 1.04. The van der Waals surface area contributed by atoms with Crippen LogP contribution in [0.3, 0.4) is 0 Å². The Kier molecular flexibility index (Phi) is 5.98. The molecule has 3 aliphatic rings. The van der Waals surface area contributed by atoms with Gasteiger partial charge in [0.05, 0.1) is 11.5 Å². The summed E-state index contributed by atoms with van der Waals surface area (Å²) < 4.78 is 14.2. The molecule has 2 aliphatic heterocycles. The van der Waals surface area contributed by atoms with Crippen molar-refractivity contribution >= 4 is 11.8 Å². The van der Waals surface area contributed by atoms with Crippen LogP contribution in [0.5, 0.6) is 0 Å². The highest BCUT2D eigenvalue weighted by Crippen LogP contribution is 2.47. The van der Waals surface area contributed by atoms with Crippen molar-refractivity contribution in [3.63, 3.8) is 0 Å². The fraction of sp³-hybridized carbons (Fsp3) is 0.500. The average Bonchev–Trinajstić information content (AvgIpc) is 3.48. The van der Waals surface area contributed by atoms with Gasteiger partial charge in [-0.1, -0.05) is 55.3 Å². The number of halogens is 1. The summed E-state index contributed by atoms with van der Waals surface area (Å²) in [4.78, 5) is 30.8. The third-order valence-corrected chi connectivity index (χ3v) is 8.42. The Morgan fingerprint density at radius 3 is 2.55 bits per heavy atom. The highest BCUT2D eigenvalue weighted by molar-refractivity contribution is 5.85. The smallest absolute Gasteiger partial charge is 0.230 e. The molecule has 1 aliphatic carbocycles. The number of nitrogens with zero attached hydrogens (tertiary/aromatic N) is 2. The number of carbonyl (C=O) groups excluding carboxylic acids is 2. The molecule has 2 heterocycles. The van der Waals surface area contributed by atoms with E-state index in [0.29, 0.717) is 25.4 Å². The molecule has 3 atom stereocenters. The van der Waals surface area contributed by atoms with Crippen molar-refractivity contribution < 1.29 is 14.0 Å². The molecule has 0 unspecified atom stereocenters. The fourth-order valence-corrected chi connectivity index (χ4v) is 6.69. The van der Waals surface area contributed by atoms with E-state index >= 15 is 0 Å². The van der Waals surface area contributed by atoms with E-state index in [-0.39, 0.29) is 29.5 Å². The van der Waals surface area contributed by atoms with Gasteiger partial charge in [0.15, 0.2) is 0 Å². The molecule has 2 saturated heterocycles. The van der Waals surface area contributed by atoms with Gasteiger partial charge in [0, 0.05) is 32.5 Å². The predicted molar refractivity (Wildman–Crippen MR) is 126 cm³/mol. The number of likely N-dealkylation sites (N-methyl/N-ethyl adjacent to an activating group) is 1. The Morgan fingerprint density at radius 1 is 1.06 bits per heavy atom. The number of piperidine rings is 1. The van der Waals surface area contributed by atoms with Gasteiger partial charge in [0.25, 0.3) is 0 Å². The molecule has 4 nitrogen and oxygen atoms in total. The largest absolute Gasteiger partial charge is 0.339 e. The van der Waals surface area contributed by atoms with Gasteiger partial charge in [0.2, 0.25) is 11.8 Å². The second-order valence-electron chi connectivity index (χ2n) is 10.2. The maximum Gasteiger partial charge on any atom is 0.230 e. The van der Waals surface area contributed by atoms with Crippen LogP contribution in [0.4, 0.5) is 4.39 Å². The summed E-state index contributed by atoms with van der Waals surface area (Å²) in [5.74, 6) is 0.123. The minimum Gasteiger partial charge on any atom is -0.339 e. The number of hydrogen-bond acceptors (Lipinski definition) is 2. The first-order valence-electron chi connectivity index (χ1n) is 12.4. The van der Waals surface area contributed by atoms with E-state index < -0.39 is 5.54 Å². The summed E-state index contributed by atoms with van der Waals surface area (Å²) in [6.07, 6.45) is 6.69. The minimum absolute atomic E-state index is 0.0913. The Bertz CT molecular complexity index is 1020. The minimum atomic E-state index is -0.476. The molecule has 0 aromatic heterocycles. The van der Waals surface area contributed by atoms with Crippen LogP contribution in [-0.4, -0.2) is 47.3 Å². The van der Waals surface area contributed by atoms with E-state index in [9.17, 15) is 14.0 Å². The summed E-state index contributed by atoms with van der Waals surface area (Å²) in [5, 5.41) is 0. The Morgan fingerprint density at radius 2 is 1.82 bits per heavy atom. The molecule has 1 spiro atoms. The van der Waals surface area contributed by atoms with Gasteiger partial charge >= 0.3 is 0 Å². The molecule has 1 saturated carbocycles. The lowest BCUT2D eigenvalue weighted by Crippen LogP contribution is -2.57. The van der Waals surface area contributed by atoms with Crippen molar-refractivity contribution in [2.45, 2.75) is 62.3 Å². The van der Waals surface area contributed by atoms with Crippen molar-refractivity contribution in [2.24, 2.45) is 5.92 Å². The number of amides is 2. The van der Waals surface area contributed by atoms with Crippen LogP contribution >= 0.6 is 0 Å². The fourth-order valence-electron chi connectivity index (χ4n) is 6.69. The Labute approximate surface area is 195 Å². The molecule has 33 heavy (non-hydrogen) atoms. The van der Waals surface area contributed by atoms with Crippen molar-refractivity contribution in [2.75, 3.05) is 20.1 Å². The van der Waals surface area contributed by atoms with Crippen LogP contribution in [0.25, 0.3) is 0 Å². The van der Waals surface area contributed by atoms with Crippen molar-refractivity contribution in [3.8, 4) is 0 Å². The average molecular weight is 449 g/mol. The molecule has 174 valence electrons. The van der Waals surface area contributed by atoms with Crippen LogP contribution in [0.15, 0.2) is 54.6 Å². The third-order valence-electron chi connectivity index (χ3n) is 8.42. The van der Waals surface area contributed by atoms with Gasteiger partial charge in [-0.25, -0.2) is 4.39 Å². The standard InChI is InChI=1S/C28H33FN2O2/c1-30-25(32)15-8-16-28(30)19-31(18-24(28)22-13-7-14-23(29)17-22)27(33)26(21-11-5-6-12-21)20-9-3-2-4-10-20/h2-4,7,9-10,13-14,17,21,24,26H,5-6,8,11-12,15-16,18-19H2,1H3/t24-,26-,28+/m0/s1. The van der Waals surface area contributed by atoms with Gasteiger partial charge in [0.1, 0.15) is 5.82 Å². The number of carbonyl (C=O) groups is 2. The van der Waals surface area contributed by atoms with Gasteiger partial charge in [-0.2, -0.15) is 0 Å². The first kappa shape index (κ1) is 22.1. The van der Waals surface area contributed by atoms with Crippen molar-refractivity contribution in [1.82, 2.24) is 9.80 Å². The van der Waals surface area contributed by atoms with Crippen LogP contribution < -0.4 is 0 Å². The topological polar surface area (TPSA) is 40.6 Å². The molecule has 5 rings (SSSR count). The molecule has 2 aromatic rings. The summed E-state index contributed by atoms with van der Waals surface area (Å²) in [5.41, 5.74) is 1.49. The Balaban J connectivity index is 1.51. The molecular formula is C28H33FN2O2. The molecule has 0 N–H and O–H groups in total. The maximum absolute atomic E-state index is 14.2. The van der Waals surface area contributed by atoms with E-state index in [1.165, 1.54) is 18.9 Å². The maximum atomic E-state index is 14.2. The Hall–Kier alpha value is -2.69. The van der Waals surface area contributed by atoms with Crippen LogP contribution in [0, 0.1) is 11.7 Å². The lowest BCUT2D eigenvalue weighted by Gasteiger charge is -2.46. The molecular weight excluding hydrogens is 415 g/mol. The molecule has 2 aromatic carbocycles. The number of benzene rings is 2. The van der Waals surface area contributed by atoms with Crippen LogP contribution in [0.2, 0.25) is 0 Å². The predicted octanol–water partition coefficient (Wildman–Crippen LogP) is 5.11. The third kappa shape index (κ3) is 3.96. The van der Waals surface area contributed by atoms with E-state index in [4.69, 9.17) is 0 Å². The molecule has 5 heteroatoms. The first-order valence-corrected chi connectivity index (χ1v) is 12.4. The van der Waals surface area contributed by atoms with Crippen molar-refractivity contribution in [1.29, 1.82) is 0 Å². The number of likely N-dealkylation sites (tertiary alicyclic amines) is 2. The first-order chi connectivity index (χ1) is 16.0. The molecule has 0 bridgehead atoms. The van der Waals surface area contributed by atoms with Crippen LogP contribution in [0.1, 0.15) is 67.9 Å². The van der Waals surface area contributed by atoms with E-state index in [1.807, 2.05) is 41.1 Å². The number of hydrogen-bond donors (Lipinski definition) is 0. The molecule has 3 fully saturated rings. The van der Waals surface area contributed by atoms with Gasteiger partial charge in [-0.15, -0.1) is 0 Å². The zero-order valence-corrected chi connectivity index (χ0v) is 19.4. The van der Waals surface area contributed by atoms with Gasteiger partial charge in [-0.05, 0) is 54.9 Å². The second kappa shape index (κ2) is 8.92. The second-order valence-corrected chi connectivity index (χ2v) is 10.2. The zero-order valence-electron chi connectivity index (χ0n) is 19.4. The highest BCUT2D eigenvalue weighted by atomic mass is 19.1. The van der Waals surface area contributed by atoms with Crippen molar-refractivity contribution in [3.05, 3.63) is 71.5 Å². The SMILES string of the molecule is CN1C(=O)CCC[C@]12CN(C(=O)[C@@H](c1ccccc1)C1CCCC1)C[C@H]2c1cccc(F)c1. The molecule has 0 radical (unpaired) electrons. The normalized spacial score (nSPS) is 26.8. The number of rotatable bonds is 4. The summed E-state index contributed by atoms with van der Waals surface area (Å²) in [6, 6.07) is 16.9. The van der Waals surface area contributed by atoms with Gasteiger partial charge < -0.3 is 9.80 Å². The lowest BCUT2D eigenvalue weighted by atomic mass is 9.75. The highest BCUT2D eigenvalue weighted by Gasteiger charge is 2.54. The lowest BCUT2D eigenvalue weighted by molar-refractivity contribution is -0.141. The van der Waals surface area contributed by atoms with Crippen LogP contribution in [-0.2, 0) is 9.59 Å². The summed E-state index contributed by atoms with van der Waals surface area (Å²) in [7, 11) is 1.87. The van der Waals surface area contributed by atoms with E-state index in [1.54, 1.807) is 12.1 Å². The van der Waals surface area contributed by atoms with E-state index in [2.05, 4.69) is 12.1 Å². The molecule has 2 amide bonds. The zero-order chi connectivity index (χ0) is 23.0. The van der Waals surface area contributed by atoms with E-state index in [0.717, 1.165) is 36.8 Å². The van der Waals surface area contributed by atoms with Gasteiger partial charge in [-0.3, -0.25) is 9.59 Å².